The van der Waals surface area contributed by atoms with E-state index < -0.39 is 0 Å². The first-order valence-electron chi connectivity index (χ1n) is 11.9. The molecule has 0 nitrogen and oxygen atoms in total. The maximum absolute atomic E-state index is 2.30. The molecule has 0 rings (SSSR count). The summed E-state index contributed by atoms with van der Waals surface area (Å²) in [6.07, 6.45) is 32.4. The van der Waals surface area contributed by atoms with E-state index in [1.165, 1.54) is 141 Å². The van der Waals surface area contributed by atoms with Crippen molar-refractivity contribution in [2.24, 2.45) is 0 Å². The summed E-state index contributed by atoms with van der Waals surface area (Å²) in [5, 5.41) is 0. The molecule has 0 atom stereocenters. The van der Waals surface area contributed by atoms with Gasteiger partial charge in [0, 0.05) is 0 Å². The van der Waals surface area contributed by atoms with Crippen molar-refractivity contribution >= 4 is 0 Å². The summed E-state index contributed by atoms with van der Waals surface area (Å²) in [5.41, 5.74) is 0. The van der Waals surface area contributed by atoms with Crippen LogP contribution in [0.1, 0.15) is 157 Å². The van der Waals surface area contributed by atoms with Crippen molar-refractivity contribution in [1.82, 2.24) is 0 Å². The molecular weight excluding hydrogens is 311 g/mol. The van der Waals surface area contributed by atoms with Crippen LogP contribution < -0.4 is 29.6 Å². The van der Waals surface area contributed by atoms with Crippen LogP contribution >= 0.6 is 0 Å². The molecule has 0 saturated carbocycles. The Balaban J connectivity index is -0.00000264. The van der Waals surface area contributed by atoms with Crippen molar-refractivity contribution < 1.29 is 31.0 Å². The molecule has 0 saturated heterocycles. The molecule has 1 heteroatoms. The molecule has 0 amide bonds. The number of hydrogen-bond donors (Lipinski definition) is 0. The first-order chi connectivity index (χ1) is 11.9. The van der Waals surface area contributed by atoms with Crippen molar-refractivity contribution in [2.45, 2.75) is 155 Å². The summed E-state index contributed by atoms with van der Waals surface area (Å²) in [4.78, 5) is 0. The Kier molecular flexibility index (Phi) is 30.7. The molecule has 0 aromatic heterocycles. The minimum Gasteiger partial charge on any atom is -1.00 e. The Labute approximate surface area is 185 Å². The van der Waals surface area contributed by atoms with E-state index in [0.717, 1.165) is 0 Å². The van der Waals surface area contributed by atoms with Gasteiger partial charge in [0.2, 0.25) is 0 Å². The van der Waals surface area contributed by atoms with Crippen LogP contribution in [0.4, 0.5) is 0 Å². The Morgan fingerprint density at radius 1 is 0.280 bits per heavy atom. The Bertz CT molecular complexity index is 186. The average molecular weight is 363 g/mol. The first-order valence-corrected chi connectivity index (χ1v) is 11.9. The normalized spacial score (nSPS) is 10.8. The smallest absolute Gasteiger partial charge is 1.00 e. The maximum Gasteiger partial charge on any atom is 1.00 e. The summed E-state index contributed by atoms with van der Waals surface area (Å²) in [5.74, 6) is 0. The third-order valence-corrected chi connectivity index (χ3v) is 5.46. The molecule has 0 aliphatic rings. The van der Waals surface area contributed by atoms with Crippen molar-refractivity contribution in [3.8, 4) is 0 Å². The van der Waals surface area contributed by atoms with E-state index in [9.17, 15) is 0 Å². The second-order valence-electron chi connectivity index (χ2n) is 8.07. The fourth-order valence-corrected chi connectivity index (χ4v) is 3.68. The predicted molar refractivity (Wildman–Crippen MR) is 114 cm³/mol. The van der Waals surface area contributed by atoms with Gasteiger partial charge in [-0.05, 0) is 0 Å². The van der Waals surface area contributed by atoms with Crippen LogP contribution in [0.5, 0.6) is 0 Å². The van der Waals surface area contributed by atoms with Crippen molar-refractivity contribution in [1.29, 1.82) is 0 Å². The SMILES string of the molecule is CCCCCCCCCCCCCCCCCCCCCCCC.[H-].[Na+]. The number of hydrogen-bond acceptors (Lipinski definition) is 0. The van der Waals surface area contributed by atoms with Gasteiger partial charge in [0.25, 0.3) is 0 Å². The monoisotopic (exact) mass is 362 g/mol. The van der Waals surface area contributed by atoms with E-state index in [1.807, 2.05) is 0 Å². The average Bonchev–Trinajstić information content (AvgIpc) is 2.60. The molecule has 0 spiro atoms. The largest absolute Gasteiger partial charge is 1.00 e. The van der Waals surface area contributed by atoms with Crippen molar-refractivity contribution in [3.05, 3.63) is 0 Å². The zero-order chi connectivity index (χ0) is 17.6. The Morgan fingerprint density at radius 3 is 0.520 bits per heavy atom. The molecule has 0 aliphatic carbocycles. The zero-order valence-electron chi connectivity index (χ0n) is 19.6. The maximum atomic E-state index is 2.30. The van der Waals surface area contributed by atoms with Crippen LogP contribution in [0.15, 0.2) is 0 Å². The zero-order valence-corrected chi connectivity index (χ0v) is 20.6. The van der Waals surface area contributed by atoms with Gasteiger partial charge in [-0.1, -0.05) is 155 Å². The summed E-state index contributed by atoms with van der Waals surface area (Å²) in [6, 6.07) is 0. The van der Waals surface area contributed by atoms with Gasteiger partial charge in [-0.15, -0.1) is 0 Å². The number of unbranched alkanes of at least 4 members (excludes halogenated alkanes) is 21. The quantitative estimate of drug-likeness (QED) is 0.157. The van der Waals surface area contributed by atoms with Crippen LogP contribution in [0.25, 0.3) is 0 Å². The van der Waals surface area contributed by atoms with Gasteiger partial charge in [0.05, 0.1) is 0 Å². The van der Waals surface area contributed by atoms with Gasteiger partial charge in [-0.2, -0.15) is 0 Å². The van der Waals surface area contributed by atoms with Crippen LogP contribution in [0, 0.1) is 0 Å². The van der Waals surface area contributed by atoms with Gasteiger partial charge in [0.15, 0.2) is 0 Å². The van der Waals surface area contributed by atoms with E-state index in [0.29, 0.717) is 0 Å². The second kappa shape index (κ2) is 27.2. The summed E-state index contributed by atoms with van der Waals surface area (Å²) in [6.45, 7) is 4.60. The van der Waals surface area contributed by atoms with Crippen molar-refractivity contribution in [3.63, 3.8) is 0 Å². The second-order valence-corrected chi connectivity index (χ2v) is 8.07. The summed E-state index contributed by atoms with van der Waals surface area (Å²) < 4.78 is 0. The minimum atomic E-state index is 0. The Hall–Kier alpha value is 1.00. The first kappa shape index (κ1) is 28.2. The molecule has 25 heavy (non-hydrogen) atoms. The molecule has 0 fully saturated rings. The van der Waals surface area contributed by atoms with Crippen LogP contribution in [0.3, 0.4) is 0 Å². The summed E-state index contributed by atoms with van der Waals surface area (Å²) >= 11 is 0. The molecule has 0 aliphatic heterocycles. The molecule has 0 bridgehead atoms. The molecule has 0 heterocycles. The molecule has 0 aromatic carbocycles. The fourth-order valence-electron chi connectivity index (χ4n) is 3.68. The topological polar surface area (TPSA) is 0 Å². The van der Waals surface area contributed by atoms with Gasteiger partial charge < -0.3 is 1.43 Å². The van der Waals surface area contributed by atoms with Gasteiger partial charge in [-0.3, -0.25) is 0 Å². The standard InChI is InChI=1S/C24H50.Na.H/c1-3-5-7-9-11-13-15-17-19-21-23-24-22-20-18-16-14-12-10-8-6-4-2;;/h3-24H2,1-2H3;;/q;+1;-1. The third kappa shape index (κ3) is 27.3. The molecule has 148 valence electrons. The fraction of sp³-hybridized carbons (Fsp3) is 1.00. The van der Waals surface area contributed by atoms with Crippen LogP contribution in [0.2, 0.25) is 0 Å². The van der Waals surface area contributed by atoms with E-state index in [1.54, 1.807) is 0 Å². The van der Waals surface area contributed by atoms with Crippen LogP contribution in [-0.4, -0.2) is 0 Å². The van der Waals surface area contributed by atoms with E-state index in [-0.39, 0.29) is 31.0 Å². The summed E-state index contributed by atoms with van der Waals surface area (Å²) in [7, 11) is 0. The van der Waals surface area contributed by atoms with E-state index in [4.69, 9.17) is 0 Å². The van der Waals surface area contributed by atoms with Crippen LogP contribution in [-0.2, 0) is 0 Å². The van der Waals surface area contributed by atoms with E-state index in [2.05, 4.69) is 13.8 Å². The Morgan fingerprint density at radius 2 is 0.400 bits per heavy atom. The molecule has 0 aromatic rings. The number of rotatable bonds is 21. The minimum absolute atomic E-state index is 0. The van der Waals surface area contributed by atoms with Gasteiger partial charge in [0.1, 0.15) is 0 Å². The molecular formula is C24H51Na. The third-order valence-electron chi connectivity index (χ3n) is 5.46. The van der Waals surface area contributed by atoms with Crippen molar-refractivity contribution in [2.75, 3.05) is 0 Å². The predicted octanol–water partition coefficient (Wildman–Crippen LogP) is 6.72. The van der Waals surface area contributed by atoms with Gasteiger partial charge in [-0.25, -0.2) is 0 Å². The van der Waals surface area contributed by atoms with E-state index >= 15 is 0 Å². The van der Waals surface area contributed by atoms with Gasteiger partial charge >= 0.3 is 29.6 Å². The molecule has 0 unspecified atom stereocenters. The molecule has 0 radical (unpaired) electrons. The molecule has 0 N–H and O–H groups in total.